The van der Waals surface area contributed by atoms with Gasteiger partial charge in [-0.1, -0.05) is 13.0 Å². The van der Waals surface area contributed by atoms with Crippen LogP contribution >= 0.6 is 0 Å². The zero-order valence-electron chi connectivity index (χ0n) is 7.72. The summed E-state index contributed by atoms with van der Waals surface area (Å²) >= 11 is 0. The van der Waals surface area contributed by atoms with Gasteiger partial charge < -0.3 is 0 Å². The first-order valence-corrected chi connectivity index (χ1v) is 4.11. The van der Waals surface area contributed by atoms with Crippen LogP contribution in [0.25, 0.3) is 0 Å². The lowest BCUT2D eigenvalue weighted by molar-refractivity contribution is 0.101. The average molecular weight is 163 g/mol. The first-order valence-electron chi connectivity index (χ1n) is 4.11. The Morgan fingerprint density at radius 3 is 2.75 bits per heavy atom. The van der Waals surface area contributed by atoms with Crippen molar-refractivity contribution < 1.29 is 4.79 Å². The monoisotopic (exact) mass is 163 g/mol. The summed E-state index contributed by atoms with van der Waals surface area (Å²) in [6, 6.07) is 2.02. The molecule has 1 aromatic rings. The van der Waals surface area contributed by atoms with Crippen LogP contribution in [0.5, 0.6) is 0 Å². The molecule has 0 amide bonds. The highest BCUT2D eigenvalue weighted by atomic mass is 16.1. The molecule has 1 rings (SSSR count). The molecule has 0 aliphatic rings. The minimum Gasteiger partial charge on any atom is -0.293 e. The molecule has 0 unspecified atom stereocenters. The van der Waals surface area contributed by atoms with E-state index in [1.807, 2.05) is 19.9 Å². The van der Waals surface area contributed by atoms with Gasteiger partial charge in [0.05, 0.1) is 0 Å². The standard InChI is InChI=1S/C10H13NO/c1-4-9-5-7(2)6-11-10(9)8(3)12/h5-6H,4H2,1-3H3. The molecular formula is C10H13NO. The molecule has 0 saturated carbocycles. The van der Waals surface area contributed by atoms with Gasteiger partial charge in [-0.2, -0.15) is 0 Å². The summed E-state index contributed by atoms with van der Waals surface area (Å²) < 4.78 is 0. The lowest BCUT2D eigenvalue weighted by atomic mass is 10.1. The Hall–Kier alpha value is -1.18. The van der Waals surface area contributed by atoms with Crippen LogP contribution in [0, 0.1) is 6.92 Å². The Morgan fingerprint density at radius 2 is 2.25 bits per heavy atom. The van der Waals surface area contributed by atoms with Crippen molar-refractivity contribution in [2.75, 3.05) is 0 Å². The highest BCUT2D eigenvalue weighted by Crippen LogP contribution is 2.09. The average Bonchev–Trinajstić information content (AvgIpc) is 2.03. The summed E-state index contributed by atoms with van der Waals surface area (Å²) in [5, 5.41) is 0. The third-order valence-corrected chi connectivity index (χ3v) is 1.82. The highest BCUT2D eigenvalue weighted by molar-refractivity contribution is 5.93. The number of aromatic nitrogens is 1. The predicted molar refractivity (Wildman–Crippen MR) is 48.4 cm³/mol. The van der Waals surface area contributed by atoms with E-state index < -0.39 is 0 Å². The molecule has 64 valence electrons. The number of carbonyl (C=O) groups excluding carboxylic acids is 1. The maximum absolute atomic E-state index is 11.1. The lowest BCUT2D eigenvalue weighted by Crippen LogP contribution is -2.02. The number of nitrogens with zero attached hydrogens (tertiary/aromatic N) is 1. The predicted octanol–water partition coefficient (Wildman–Crippen LogP) is 2.16. The minimum atomic E-state index is 0.0480. The summed E-state index contributed by atoms with van der Waals surface area (Å²) in [4.78, 5) is 15.2. The third-order valence-electron chi connectivity index (χ3n) is 1.82. The van der Waals surface area contributed by atoms with Gasteiger partial charge in [0.2, 0.25) is 0 Å². The first kappa shape index (κ1) is 8.91. The summed E-state index contributed by atoms with van der Waals surface area (Å²) in [5.41, 5.74) is 2.77. The first-order chi connectivity index (χ1) is 5.65. The third kappa shape index (κ3) is 1.70. The van der Waals surface area contributed by atoms with Crippen LogP contribution in [0.2, 0.25) is 0 Å². The molecule has 12 heavy (non-hydrogen) atoms. The molecule has 0 bridgehead atoms. The fraction of sp³-hybridized carbons (Fsp3) is 0.400. The van der Waals surface area contributed by atoms with Gasteiger partial charge in [-0.3, -0.25) is 9.78 Å². The van der Waals surface area contributed by atoms with E-state index in [4.69, 9.17) is 0 Å². The van der Waals surface area contributed by atoms with Crippen LogP contribution in [-0.4, -0.2) is 10.8 Å². The second-order valence-corrected chi connectivity index (χ2v) is 2.93. The summed E-state index contributed by atoms with van der Waals surface area (Å²) in [5.74, 6) is 0.0480. The normalized spacial score (nSPS) is 9.92. The van der Waals surface area contributed by atoms with Gasteiger partial charge in [-0.15, -0.1) is 0 Å². The number of rotatable bonds is 2. The molecule has 2 heteroatoms. The minimum absolute atomic E-state index is 0.0480. The molecule has 0 aliphatic carbocycles. The molecule has 0 atom stereocenters. The number of aryl methyl sites for hydroxylation is 2. The van der Waals surface area contributed by atoms with E-state index in [1.165, 1.54) is 0 Å². The van der Waals surface area contributed by atoms with E-state index in [0.29, 0.717) is 5.69 Å². The SMILES string of the molecule is CCc1cc(C)cnc1C(C)=O. The van der Waals surface area contributed by atoms with E-state index in [9.17, 15) is 4.79 Å². The number of carbonyl (C=O) groups is 1. The van der Waals surface area contributed by atoms with Gasteiger partial charge in [0, 0.05) is 13.1 Å². The second-order valence-electron chi connectivity index (χ2n) is 2.93. The molecular weight excluding hydrogens is 150 g/mol. The van der Waals surface area contributed by atoms with E-state index in [2.05, 4.69) is 4.98 Å². The fourth-order valence-corrected chi connectivity index (χ4v) is 1.22. The van der Waals surface area contributed by atoms with Crippen LogP contribution < -0.4 is 0 Å². The van der Waals surface area contributed by atoms with Crippen LogP contribution in [0.4, 0.5) is 0 Å². The maximum atomic E-state index is 11.1. The maximum Gasteiger partial charge on any atom is 0.178 e. The summed E-state index contributed by atoms with van der Waals surface area (Å²) in [6.45, 7) is 5.57. The molecule has 0 radical (unpaired) electrons. The van der Waals surface area contributed by atoms with E-state index in [1.54, 1.807) is 13.1 Å². The van der Waals surface area contributed by atoms with Crippen molar-refractivity contribution in [3.05, 3.63) is 29.1 Å². The second kappa shape index (κ2) is 3.48. The molecule has 0 aliphatic heterocycles. The molecule has 1 heterocycles. The van der Waals surface area contributed by atoms with Gasteiger partial charge in [-0.25, -0.2) is 0 Å². The topological polar surface area (TPSA) is 30.0 Å². The quantitative estimate of drug-likeness (QED) is 0.625. The molecule has 0 spiro atoms. The highest BCUT2D eigenvalue weighted by Gasteiger charge is 2.06. The fourth-order valence-electron chi connectivity index (χ4n) is 1.22. The largest absolute Gasteiger partial charge is 0.293 e. The molecule has 2 nitrogen and oxygen atoms in total. The van der Waals surface area contributed by atoms with Crippen LogP contribution in [0.1, 0.15) is 35.5 Å². The van der Waals surface area contributed by atoms with Crippen molar-refractivity contribution >= 4 is 5.78 Å². The Labute approximate surface area is 72.6 Å². The van der Waals surface area contributed by atoms with E-state index >= 15 is 0 Å². The zero-order chi connectivity index (χ0) is 9.14. The van der Waals surface area contributed by atoms with Gasteiger partial charge >= 0.3 is 0 Å². The van der Waals surface area contributed by atoms with Crippen LogP contribution in [0.15, 0.2) is 12.3 Å². The van der Waals surface area contributed by atoms with Crippen molar-refractivity contribution in [2.24, 2.45) is 0 Å². The van der Waals surface area contributed by atoms with Gasteiger partial charge in [0.1, 0.15) is 5.69 Å². The molecule has 0 fully saturated rings. The van der Waals surface area contributed by atoms with Gasteiger partial charge in [0.15, 0.2) is 5.78 Å². The van der Waals surface area contributed by atoms with Crippen LogP contribution in [0.3, 0.4) is 0 Å². The Morgan fingerprint density at radius 1 is 1.58 bits per heavy atom. The van der Waals surface area contributed by atoms with Crippen molar-refractivity contribution in [2.45, 2.75) is 27.2 Å². The zero-order valence-corrected chi connectivity index (χ0v) is 7.72. The van der Waals surface area contributed by atoms with Gasteiger partial charge in [-0.05, 0) is 24.5 Å². The summed E-state index contributed by atoms with van der Waals surface area (Å²) in [6.07, 6.45) is 2.60. The number of hydrogen-bond acceptors (Lipinski definition) is 2. The molecule has 0 saturated heterocycles. The van der Waals surface area contributed by atoms with E-state index in [0.717, 1.165) is 17.5 Å². The van der Waals surface area contributed by atoms with Crippen molar-refractivity contribution in [3.63, 3.8) is 0 Å². The van der Waals surface area contributed by atoms with Crippen LogP contribution in [-0.2, 0) is 6.42 Å². The molecule has 1 aromatic heterocycles. The number of Topliss-reactive ketones (excluding diaryl/α,β-unsaturated/α-hetero) is 1. The lowest BCUT2D eigenvalue weighted by Gasteiger charge is -2.03. The smallest absolute Gasteiger partial charge is 0.178 e. The molecule has 0 aromatic carbocycles. The number of hydrogen-bond donors (Lipinski definition) is 0. The van der Waals surface area contributed by atoms with Crippen molar-refractivity contribution in [1.29, 1.82) is 0 Å². The Balaban J connectivity index is 3.20. The number of ketones is 1. The Kier molecular flexibility index (Phi) is 2.58. The summed E-state index contributed by atoms with van der Waals surface area (Å²) in [7, 11) is 0. The van der Waals surface area contributed by atoms with E-state index in [-0.39, 0.29) is 5.78 Å². The Bertz CT molecular complexity index is 305. The molecule has 0 N–H and O–H groups in total. The van der Waals surface area contributed by atoms with Crippen molar-refractivity contribution in [3.8, 4) is 0 Å². The number of pyridine rings is 1. The van der Waals surface area contributed by atoms with Gasteiger partial charge in [0.25, 0.3) is 0 Å². The van der Waals surface area contributed by atoms with Crippen molar-refractivity contribution in [1.82, 2.24) is 4.98 Å².